The summed E-state index contributed by atoms with van der Waals surface area (Å²) in [5.41, 5.74) is 0.990. The van der Waals surface area contributed by atoms with Gasteiger partial charge in [-0.1, -0.05) is 0 Å². The van der Waals surface area contributed by atoms with E-state index < -0.39 is 26.9 Å². The average molecular weight is 479 g/mol. The molecule has 4 rings (SSSR count). The van der Waals surface area contributed by atoms with Crippen LogP contribution in [0.2, 0.25) is 0 Å². The summed E-state index contributed by atoms with van der Waals surface area (Å²) in [5.74, 6) is -3.08. The SMILES string of the molecule is CC(F)(F)CN1CCC(S(=O)(=O)c2ccc(CNC(=O)c3cc4ccncc4o3)nc2)CC1. The van der Waals surface area contributed by atoms with E-state index in [4.69, 9.17) is 4.42 Å². The van der Waals surface area contributed by atoms with E-state index in [2.05, 4.69) is 15.3 Å². The van der Waals surface area contributed by atoms with E-state index in [9.17, 15) is 22.0 Å². The molecule has 0 saturated carbocycles. The third-order valence-electron chi connectivity index (χ3n) is 5.58. The normalized spacial score (nSPS) is 16.2. The van der Waals surface area contributed by atoms with Gasteiger partial charge in [-0.3, -0.25) is 19.7 Å². The lowest BCUT2D eigenvalue weighted by Crippen LogP contribution is -2.43. The van der Waals surface area contributed by atoms with Crippen LogP contribution in [0.25, 0.3) is 11.0 Å². The minimum Gasteiger partial charge on any atom is -0.449 e. The van der Waals surface area contributed by atoms with Crippen LogP contribution in [0.5, 0.6) is 0 Å². The van der Waals surface area contributed by atoms with Crippen LogP contribution in [0.3, 0.4) is 0 Å². The second-order valence-electron chi connectivity index (χ2n) is 8.28. The van der Waals surface area contributed by atoms with Crippen LogP contribution in [-0.4, -0.2) is 60.0 Å². The molecule has 1 amide bonds. The van der Waals surface area contributed by atoms with Crippen LogP contribution in [0.1, 0.15) is 36.0 Å². The molecule has 176 valence electrons. The first kappa shape index (κ1) is 23.2. The number of fused-ring (bicyclic) bond motifs is 1. The van der Waals surface area contributed by atoms with Crippen LogP contribution in [0.15, 0.2) is 52.2 Å². The van der Waals surface area contributed by atoms with E-state index in [0.717, 1.165) is 12.3 Å². The fourth-order valence-electron chi connectivity index (χ4n) is 3.90. The van der Waals surface area contributed by atoms with Crippen molar-refractivity contribution >= 4 is 26.7 Å². The highest BCUT2D eigenvalue weighted by Crippen LogP contribution is 2.26. The van der Waals surface area contributed by atoms with Gasteiger partial charge in [0.05, 0.1) is 35.1 Å². The molecule has 4 heterocycles. The number of carbonyl (C=O) groups is 1. The van der Waals surface area contributed by atoms with Gasteiger partial charge in [0.25, 0.3) is 11.8 Å². The Morgan fingerprint density at radius 3 is 2.64 bits per heavy atom. The van der Waals surface area contributed by atoms with Gasteiger partial charge in [-0.2, -0.15) is 0 Å². The zero-order chi connectivity index (χ0) is 23.6. The van der Waals surface area contributed by atoms with Crippen LogP contribution < -0.4 is 5.32 Å². The van der Waals surface area contributed by atoms with E-state index >= 15 is 0 Å². The summed E-state index contributed by atoms with van der Waals surface area (Å²) in [6, 6.07) is 6.35. The molecule has 3 aromatic heterocycles. The van der Waals surface area contributed by atoms with Crippen molar-refractivity contribution in [2.24, 2.45) is 0 Å². The molecule has 1 aliphatic heterocycles. The number of sulfone groups is 1. The maximum atomic E-state index is 13.2. The molecular formula is C22H24F2N4O4S. The number of piperidine rings is 1. The second kappa shape index (κ2) is 9.14. The van der Waals surface area contributed by atoms with Gasteiger partial charge >= 0.3 is 0 Å². The maximum absolute atomic E-state index is 13.2. The first-order valence-electron chi connectivity index (χ1n) is 10.5. The molecule has 8 nitrogen and oxygen atoms in total. The molecule has 0 unspecified atom stereocenters. The maximum Gasteiger partial charge on any atom is 0.287 e. The molecule has 0 aromatic carbocycles. The summed E-state index contributed by atoms with van der Waals surface area (Å²) in [5, 5.41) is 2.82. The van der Waals surface area contributed by atoms with Gasteiger partial charge < -0.3 is 9.73 Å². The van der Waals surface area contributed by atoms with Crippen molar-refractivity contribution < 1.29 is 26.4 Å². The Balaban J connectivity index is 1.34. The largest absolute Gasteiger partial charge is 0.449 e. The summed E-state index contributed by atoms with van der Waals surface area (Å²) in [6.07, 6.45) is 4.99. The van der Waals surface area contributed by atoms with Gasteiger partial charge in [-0.05, 0) is 50.2 Å². The minimum absolute atomic E-state index is 0.0848. The molecule has 1 N–H and O–H groups in total. The van der Waals surface area contributed by atoms with Gasteiger partial charge in [0.2, 0.25) is 0 Å². The topological polar surface area (TPSA) is 105 Å². The van der Waals surface area contributed by atoms with Crippen molar-refractivity contribution in [1.82, 2.24) is 20.2 Å². The molecule has 11 heteroatoms. The Hall–Kier alpha value is -2.92. The number of hydrogen-bond donors (Lipinski definition) is 1. The van der Waals surface area contributed by atoms with Crippen molar-refractivity contribution in [3.8, 4) is 0 Å². The number of rotatable bonds is 7. The van der Waals surface area contributed by atoms with E-state index in [0.29, 0.717) is 37.2 Å². The summed E-state index contributed by atoms with van der Waals surface area (Å²) >= 11 is 0. The third kappa shape index (κ3) is 5.53. The lowest BCUT2D eigenvalue weighted by molar-refractivity contribution is -0.0183. The number of pyridine rings is 2. The molecule has 33 heavy (non-hydrogen) atoms. The van der Waals surface area contributed by atoms with Gasteiger partial charge in [0, 0.05) is 24.7 Å². The highest BCUT2D eigenvalue weighted by Gasteiger charge is 2.34. The van der Waals surface area contributed by atoms with Crippen molar-refractivity contribution in [3.05, 3.63) is 54.3 Å². The van der Waals surface area contributed by atoms with E-state index in [1.807, 2.05) is 0 Å². The Bertz CT molecular complexity index is 1200. The Morgan fingerprint density at radius 1 is 1.24 bits per heavy atom. The monoisotopic (exact) mass is 478 g/mol. The molecule has 3 aromatic rings. The zero-order valence-electron chi connectivity index (χ0n) is 18.0. The number of hydrogen-bond acceptors (Lipinski definition) is 7. The quantitative estimate of drug-likeness (QED) is 0.556. The van der Waals surface area contributed by atoms with Crippen LogP contribution in [0, 0.1) is 0 Å². The fraction of sp³-hybridized carbons (Fsp3) is 0.409. The molecule has 1 fully saturated rings. The number of alkyl halides is 2. The van der Waals surface area contributed by atoms with Crippen molar-refractivity contribution in [3.63, 3.8) is 0 Å². The number of carbonyl (C=O) groups excluding carboxylic acids is 1. The van der Waals surface area contributed by atoms with Gasteiger partial charge in [-0.25, -0.2) is 17.2 Å². The molecule has 1 aliphatic rings. The molecule has 1 saturated heterocycles. The molecule has 0 spiro atoms. The number of likely N-dealkylation sites (tertiary alicyclic amines) is 1. The van der Waals surface area contributed by atoms with Crippen LogP contribution in [0.4, 0.5) is 8.78 Å². The summed E-state index contributed by atoms with van der Waals surface area (Å²) < 4.78 is 57.7. The Morgan fingerprint density at radius 2 is 2.00 bits per heavy atom. The fourth-order valence-corrected chi connectivity index (χ4v) is 5.57. The van der Waals surface area contributed by atoms with Gasteiger partial charge in [-0.15, -0.1) is 0 Å². The predicted molar refractivity (Wildman–Crippen MR) is 117 cm³/mol. The molecule has 0 radical (unpaired) electrons. The summed E-state index contributed by atoms with van der Waals surface area (Å²) in [6.45, 7) is 1.20. The number of aromatic nitrogens is 2. The van der Waals surface area contributed by atoms with Crippen molar-refractivity contribution in [1.29, 1.82) is 0 Å². The first-order chi connectivity index (χ1) is 15.6. The lowest BCUT2D eigenvalue weighted by atomic mass is 10.1. The number of nitrogens with one attached hydrogen (secondary N) is 1. The average Bonchev–Trinajstić information content (AvgIpc) is 3.21. The van der Waals surface area contributed by atoms with Gasteiger partial charge in [0.1, 0.15) is 0 Å². The molecular weight excluding hydrogens is 454 g/mol. The highest BCUT2D eigenvalue weighted by atomic mass is 32.2. The van der Waals surface area contributed by atoms with E-state index in [1.165, 1.54) is 18.5 Å². The van der Waals surface area contributed by atoms with E-state index in [-0.39, 0.29) is 23.7 Å². The zero-order valence-corrected chi connectivity index (χ0v) is 18.8. The number of halogens is 2. The van der Waals surface area contributed by atoms with Crippen LogP contribution in [-0.2, 0) is 16.4 Å². The highest BCUT2D eigenvalue weighted by molar-refractivity contribution is 7.92. The van der Waals surface area contributed by atoms with Crippen molar-refractivity contribution in [2.75, 3.05) is 19.6 Å². The molecule has 0 bridgehead atoms. The number of amides is 1. The predicted octanol–water partition coefficient (Wildman–Crippen LogP) is 3.05. The Labute approximate surface area is 189 Å². The second-order valence-corrected chi connectivity index (χ2v) is 10.5. The van der Waals surface area contributed by atoms with Crippen LogP contribution >= 0.6 is 0 Å². The standard InChI is InChI=1S/C22H24F2N4O4S/c1-22(23,24)14-28-8-5-17(6-9-28)33(30,31)18-3-2-16(26-12-18)11-27-21(29)19-10-15-4-7-25-13-20(15)32-19/h2-4,7,10,12-13,17H,5-6,8-9,11,14H2,1H3,(H,27,29). The van der Waals surface area contributed by atoms with Gasteiger partial charge in [0.15, 0.2) is 21.2 Å². The van der Waals surface area contributed by atoms with Crippen molar-refractivity contribution in [2.45, 2.75) is 42.4 Å². The lowest BCUT2D eigenvalue weighted by Gasteiger charge is -2.33. The number of furan rings is 1. The summed E-state index contributed by atoms with van der Waals surface area (Å²) in [4.78, 5) is 22.1. The Kier molecular flexibility index (Phi) is 6.44. The smallest absolute Gasteiger partial charge is 0.287 e. The van der Waals surface area contributed by atoms with E-state index in [1.54, 1.807) is 29.3 Å². The third-order valence-corrected chi connectivity index (χ3v) is 7.83. The molecule has 0 atom stereocenters. The summed E-state index contributed by atoms with van der Waals surface area (Å²) in [7, 11) is -3.62. The molecule has 0 aliphatic carbocycles. The number of nitrogens with zero attached hydrogens (tertiary/aromatic N) is 3. The first-order valence-corrected chi connectivity index (χ1v) is 12.1. The minimum atomic E-state index is -3.62.